The van der Waals surface area contributed by atoms with Crippen molar-refractivity contribution in [1.29, 1.82) is 0 Å². The number of benzene rings is 1. The Balaban J connectivity index is 2.58. The van der Waals surface area contributed by atoms with Gasteiger partial charge in [-0.3, -0.25) is 0 Å². The summed E-state index contributed by atoms with van der Waals surface area (Å²) in [5, 5.41) is 6.12. The molecule has 0 amide bonds. The first-order valence-corrected chi connectivity index (χ1v) is 10.3. The van der Waals surface area contributed by atoms with Crippen LogP contribution in [-0.4, -0.2) is 58.7 Å². The number of hydrogen-bond acceptors (Lipinski definition) is 5. The second-order valence-corrected chi connectivity index (χ2v) is 7.93. The van der Waals surface area contributed by atoms with E-state index in [-0.39, 0.29) is 17.6 Å². The Bertz CT molecular complexity index is 647. The van der Waals surface area contributed by atoms with Crippen molar-refractivity contribution in [2.45, 2.75) is 26.9 Å². The van der Waals surface area contributed by atoms with Gasteiger partial charge in [-0.1, -0.05) is 19.1 Å². The van der Waals surface area contributed by atoms with Crippen LogP contribution >= 0.6 is 0 Å². The van der Waals surface area contributed by atoms with E-state index in [4.69, 9.17) is 9.47 Å². The summed E-state index contributed by atoms with van der Waals surface area (Å²) in [5.74, 6) is 2.14. The Hall–Kier alpha value is -1.96. The third-order valence-corrected chi connectivity index (χ3v) is 5.10. The van der Waals surface area contributed by atoms with Gasteiger partial charge in [0.15, 0.2) is 27.3 Å². The molecule has 0 aliphatic rings. The molecule has 1 atom stereocenters. The highest BCUT2D eigenvalue weighted by atomic mass is 32.2. The van der Waals surface area contributed by atoms with Gasteiger partial charge in [-0.15, -0.1) is 0 Å². The lowest BCUT2D eigenvalue weighted by Crippen LogP contribution is -2.40. The van der Waals surface area contributed by atoms with Crippen LogP contribution in [0, 0.1) is 0 Å². The Morgan fingerprint density at radius 3 is 2.48 bits per heavy atom. The van der Waals surface area contributed by atoms with E-state index in [0.29, 0.717) is 37.1 Å². The number of aliphatic imine (C=N–C) groups is 1. The van der Waals surface area contributed by atoms with Gasteiger partial charge in [0.2, 0.25) is 0 Å². The molecule has 7 nitrogen and oxygen atoms in total. The van der Waals surface area contributed by atoms with Crippen LogP contribution in [0.25, 0.3) is 0 Å². The lowest BCUT2D eigenvalue weighted by atomic mass is 10.3. The van der Waals surface area contributed by atoms with E-state index in [2.05, 4.69) is 15.6 Å². The minimum absolute atomic E-state index is 0.0845. The van der Waals surface area contributed by atoms with E-state index in [1.165, 1.54) is 0 Å². The molecule has 142 valence electrons. The SMILES string of the molecule is CCNC(=NCC(C)Oc1ccccc1OC)NCCS(=O)(=O)CC. The number of ether oxygens (including phenoxy) is 2. The van der Waals surface area contributed by atoms with Gasteiger partial charge in [0, 0.05) is 18.8 Å². The molecule has 0 aliphatic heterocycles. The first-order chi connectivity index (χ1) is 11.9. The van der Waals surface area contributed by atoms with Crippen LogP contribution in [0.5, 0.6) is 11.5 Å². The summed E-state index contributed by atoms with van der Waals surface area (Å²) >= 11 is 0. The Labute approximate surface area is 150 Å². The molecule has 0 aliphatic carbocycles. The summed E-state index contributed by atoms with van der Waals surface area (Å²) in [4.78, 5) is 4.44. The standard InChI is InChI=1S/C17H29N3O4S/c1-5-18-17(19-11-12-25(21,22)6-2)20-13-14(3)24-16-10-8-7-9-15(16)23-4/h7-10,14H,5-6,11-13H2,1-4H3,(H2,18,19,20). The third-order valence-electron chi connectivity index (χ3n) is 3.39. The molecular weight excluding hydrogens is 342 g/mol. The van der Waals surface area contributed by atoms with E-state index in [1.807, 2.05) is 38.1 Å². The number of nitrogens with one attached hydrogen (secondary N) is 2. The molecule has 0 radical (unpaired) electrons. The first-order valence-electron chi connectivity index (χ1n) is 8.44. The monoisotopic (exact) mass is 371 g/mol. The smallest absolute Gasteiger partial charge is 0.191 e. The second kappa shape index (κ2) is 10.8. The molecular formula is C17H29N3O4S. The van der Waals surface area contributed by atoms with Crippen LogP contribution in [0.1, 0.15) is 20.8 Å². The fourth-order valence-corrected chi connectivity index (χ4v) is 2.70. The van der Waals surface area contributed by atoms with Gasteiger partial charge in [-0.05, 0) is 26.0 Å². The number of sulfone groups is 1. The average molecular weight is 372 g/mol. The number of rotatable bonds is 10. The largest absolute Gasteiger partial charge is 0.493 e. The summed E-state index contributed by atoms with van der Waals surface area (Å²) in [5.41, 5.74) is 0. The molecule has 0 fully saturated rings. The number of nitrogens with zero attached hydrogens (tertiary/aromatic N) is 1. The summed E-state index contributed by atoms with van der Waals surface area (Å²) < 4.78 is 34.2. The molecule has 0 aromatic heterocycles. The van der Waals surface area contributed by atoms with Crippen molar-refractivity contribution in [2.75, 3.05) is 38.2 Å². The van der Waals surface area contributed by atoms with Crippen molar-refractivity contribution in [2.24, 2.45) is 4.99 Å². The summed E-state index contributed by atoms with van der Waals surface area (Å²) in [7, 11) is -1.39. The van der Waals surface area contributed by atoms with Crippen LogP contribution in [-0.2, 0) is 9.84 Å². The maximum atomic E-state index is 11.5. The Kier molecular flexibility index (Phi) is 9.12. The average Bonchev–Trinajstić information content (AvgIpc) is 2.60. The number of hydrogen-bond donors (Lipinski definition) is 2. The van der Waals surface area contributed by atoms with Crippen molar-refractivity contribution in [1.82, 2.24) is 10.6 Å². The number of methoxy groups -OCH3 is 1. The first kappa shape index (κ1) is 21.1. The normalized spacial score (nSPS) is 13.2. The predicted molar refractivity (Wildman–Crippen MR) is 101 cm³/mol. The minimum Gasteiger partial charge on any atom is -0.493 e. The summed E-state index contributed by atoms with van der Waals surface area (Å²) in [6, 6.07) is 7.45. The van der Waals surface area contributed by atoms with E-state index >= 15 is 0 Å². The molecule has 2 N–H and O–H groups in total. The van der Waals surface area contributed by atoms with E-state index in [1.54, 1.807) is 14.0 Å². The van der Waals surface area contributed by atoms with Crippen molar-refractivity contribution in [3.05, 3.63) is 24.3 Å². The van der Waals surface area contributed by atoms with Crippen molar-refractivity contribution in [3.63, 3.8) is 0 Å². The van der Waals surface area contributed by atoms with Gasteiger partial charge in [0.1, 0.15) is 6.10 Å². The predicted octanol–water partition coefficient (Wildman–Crippen LogP) is 1.45. The van der Waals surface area contributed by atoms with Gasteiger partial charge in [-0.2, -0.15) is 0 Å². The zero-order valence-corrected chi connectivity index (χ0v) is 16.2. The van der Waals surface area contributed by atoms with E-state index in [0.717, 1.165) is 0 Å². The maximum Gasteiger partial charge on any atom is 0.191 e. The zero-order valence-electron chi connectivity index (χ0n) is 15.4. The molecule has 0 heterocycles. The van der Waals surface area contributed by atoms with E-state index in [9.17, 15) is 8.42 Å². The Morgan fingerprint density at radius 2 is 1.88 bits per heavy atom. The fourth-order valence-electron chi connectivity index (χ4n) is 2.00. The van der Waals surface area contributed by atoms with Gasteiger partial charge in [0.05, 0.1) is 19.4 Å². The molecule has 8 heteroatoms. The summed E-state index contributed by atoms with van der Waals surface area (Å²) in [6.07, 6.45) is -0.161. The van der Waals surface area contributed by atoms with Crippen molar-refractivity contribution < 1.29 is 17.9 Å². The molecule has 1 rings (SSSR count). The number of guanidine groups is 1. The molecule has 1 aromatic carbocycles. The highest BCUT2D eigenvalue weighted by Crippen LogP contribution is 2.26. The molecule has 1 aromatic rings. The van der Waals surface area contributed by atoms with Gasteiger partial charge in [-0.25, -0.2) is 13.4 Å². The van der Waals surface area contributed by atoms with Gasteiger partial charge in [0.25, 0.3) is 0 Å². The van der Waals surface area contributed by atoms with Gasteiger partial charge < -0.3 is 20.1 Å². The topological polar surface area (TPSA) is 89.0 Å². The zero-order chi connectivity index (χ0) is 18.7. The Morgan fingerprint density at radius 1 is 1.20 bits per heavy atom. The lowest BCUT2D eigenvalue weighted by Gasteiger charge is -2.16. The fraction of sp³-hybridized carbons (Fsp3) is 0.588. The molecule has 0 saturated carbocycles. The molecule has 0 saturated heterocycles. The van der Waals surface area contributed by atoms with Crippen molar-refractivity contribution in [3.8, 4) is 11.5 Å². The molecule has 0 bridgehead atoms. The molecule has 1 unspecified atom stereocenters. The highest BCUT2D eigenvalue weighted by molar-refractivity contribution is 7.91. The lowest BCUT2D eigenvalue weighted by molar-refractivity contribution is 0.219. The quantitative estimate of drug-likeness (QED) is 0.478. The van der Waals surface area contributed by atoms with Crippen LogP contribution < -0.4 is 20.1 Å². The number of para-hydroxylation sites is 2. The molecule has 25 heavy (non-hydrogen) atoms. The van der Waals surface area contributed by atoms with Crippen LogP contribution in [0.2, 0.25) is 0 Å². The van der Waals surface area contributed by atoms with Crippen LogP contribution in [0.15, 0.2) is 29.3 Å². The third kappa shape index (κ3) is 8.11. The van der Waals surface area contributed by atoms with Crippen molar-refractivity contribution >= 4 is 15.8 Å². The van der Waals surface area contributed by atoms with E-state index < -0.39 is 9.84 Å². The van der Waals surface area contributed by atoms with Crippen LogP contribution in [0.4, 0.5) is 0 Å². The molecule has 0 spiro atoms. The van der Waals surface area contributed by atoms with Gasteiger partial charge >= 0.3 is 0 Å². The van der Waals surface area contributed by atoms with Crippen LogP contribution in [0.3, 0.4) is 0 Å². The maximum absolute atomic E-state index is 11.5. The summed E-state index contributed by atoms with van der Waals surface area (Å²) in [6.45, 7) is 6.95. The highest BCUT2D eigenvalue weighted by Gasteiger charge is 2.10. The minimum atomic E-state index is -2.99. The second-order valence-electron chi connectivity index (χ2n) is 5.46.